The van der Waals surface area contributed by atoms with Gasteiger partial charge < -0.3 is 10.2 Å². The van der Waals surface area contributed by atoms with E-state index in [1.165, 1.54) is 5.57 Å². The van der Waals surface area contributed by atoms with Gasteiger partial charge in [0.1, 0.15) is 5.60 Å². The number of carbonyl (C=O) groups is 3. The van der Waals surface area contributed by atoms with Crippen molar-refractivity contribution in [3.63, 3.8) is 0 Å². The van der Waals surface area contributed by atoms with Crippen LogP contribution in [0.25, 0.3) is 0 Å². The molecule has 0 aromatic heterocycles. The van der Waals surface area contributed by atoms with Crippen molar-refractivity contribution < 1.29 is 24.6 Å². The predicted octanol–water partition coefficient (Wildman–Crippen LogP) is 4.10. The van der Waals surface area contributed by atoms with E-state index in [9.17, 15) is 24.6 Å². The third-order valence-corrected chi connectivity index (χ3v) is 10.7. The number of hydrogen-bond donors (Lipinski definition) is 2. The standard InChI is InChI=1S/C26H38O5S/c1-23(2,3)22(30)32-14-20(29)26(31)11-9-18-17-7-6-15-12-16(27)8-10-24(15,4)21(17)19(28)13-25(18,26)5/h12,17-19,21,28,31H,6-11,13-14H2,1-5H3/t17-,18-,19?,21+,24-,25-,26-/m0/s1. The Morgan fingerprint density at radius 2 is 1.84 bits per heavy atom. The van der Waals surface area contributed by atoms with Crippen LogP contribution >= 0.6 is 11.8 Å². The molecule has 32 heavy (non-hydrogen) atoms. The van der Waals surface area contributed by atoms with Gasteiger partial charge in [-0.05, 0) is 67.8 Å². The number of aliphatic hydroxyl groups excluding tert-OH is 1. The number of carbonyl (C=O) groups excluding carboxylic acids is 3. The largest absolute Gasteiger partial charge is 0.393 e. The van der Waals surface area contributed by atoms with Crippen molar-refractivity contribution in [2.75, 3.05) is 5.75 Å². The Labute approximate surface area is 195 Å². The Hall–Kier alpha value is -0.980. The van der Waals surface area contributed by atoms with E-state index in [0.717, 1.165) is 37.4 Å². The van der Waals surface area contributed by atoms with E-state index in [4.69, 9.17) is 0 Å². The molecule has 3 saturated carbocycles. The highest BCUT2D eigenvalue weighted by atomic mass is 32.2. The SMILES string of the molecule is CC(C)(C)C(=O)SCC(=O)[C@@]1(O)CC[C@H]2[C@@H]3CCC4=CC(=O)CC[C@]4(C)[C@H]3C(O)C[C@@]21C. The molecule has 0 radical (unpaired) electrons. The number of thioether (sulfide) groups is 1. The monoisotopic (exact) mass is 462 g/mol. The van der Waals surface area contributed by atoms with Gasteiger partial charge in [-0.2, -0.15) is 0 Å². The first-order chi connectivity index (χ1) is 14.7. The van der Waals surface area contributed by atoms with Gasteiger partial charge in [-0.25, -0.2) is 0 Å². The van der Waals surface area contributed by atoms with Crippen molar-refractivity contribution in [3.8, 4) is 0 Å². The second-order valence-corrected chi connectivity index (χ2v) is 13.2. The Morgan fingerprint density at radius 1 is 1.16 bits per heavy atom. The second kappa shape index (κ2) is 7.78. The van der Waals surface area contributed by atoms with E-state index in [2.05, 4.69) is 6.92 Å². The molecule has 6 heteroatoms. The molecule has 0 spiro atoms. The van der Waals surface area contributed by atoms with Gasteiger partial charge in [0.2, 0.25) is 0 Å². The van der Waals surface area contributed by atoms with Crippen LogP contribution in [0, 0.1) is 34.0 Å². The van der Waals surface area contributed by atoms with Crippen LogP contribution < -0.4 is 0 Å². The first kappa shape index (κ1) is 24.2. The lowest BCUT2D eigenvalue weighted by molar-refractivity contribution is -0.178. The minimum atomic E-state index is -1.51. The molecule has 0 aliphatic heterocycles. The van der Waals surface area contributed by atoms with Gasteiger partial charge in [0.25, 0.3) is 0 Å². The Balaban J connectivity index is 1.59. The Morgan fingerprint density at radius 3 is 2.50 bits per heavy atom. The summed E-state index contributed by atoms with van der Waals surface area (Å²) in [7, 11) is 0. The number of rotatable bonds is 3. The minimum Gasteiger partial charge on any atom is -0.393 e. The molecule has 178 valence electrons. The maximum Gasteiger partial charge on any atom is 0.194 e. The highest BCUT2D eigenvalue weighted by Gasteiger charge is 2.68. The van der Waals surface area contributed by atoms with Crippen LogP contribution in [-0.4, -0.2) is 44.4 Å². The summed E-state index contributed by atoms with van der Waals surface area (Å²) in [6.45, 7) is 9.68. The lowest BCUT2D eigenvalue weighted by Gasteiger charge is -2.60. The molecule has 4 rings (SSSR count). The van der Waals surface area contributed by atoms with E-state index >= 15 is 0 Å². The van der Waals surface area contributed by atoms with Gasteiger partial charge in [0.05, 0.1) is 11.9 Å². The zero-order valence-corrected chi connectivity index (χ0v) is 20.9. The summed E-state index contributed by atoms with van der Waals surface area (Å²) < 4.78 is 0. The lowest BCUT2D eigenvalue weighted by atomic mass is 9.45. The fourth-order valence-electron chi connectivity index (χ4n) is 7.62. The van der Waals surface area contributed by atoms with Crippen LogP contribution in [0.3, 0.4) is 0 Å². The van der Waals surface area contributed by atoms with Crippen LogP contribution in [0.2, 0.25) is 0 Å². The van der Waals surface area contributed by atoms with Gasteiger partial charge in [-0.3, -0.25) is 14.4 Å². The number of hydrogen-bond acceptors (Lipinski definition) is 6. The number of ketones is 2. The van der Waals surface area contributed by atoms with Gasteiger partial charge in [0, 0.05) is 17.3 Å². The molecule has 3 fully saturated rings. The molecule has 4 aliphatic rings. The van der Waals surface area contributed by atoms with Gasteiger partial charge in [-0.15, -0.1) is 0 Å². The molecule has 0 heterocycles. The maximum absolute atomic E-state index is 13.3. The average molecular weight is 463 g/mol. The summed E-state index contributed by atoms with van der Waals surface area (Å²) in [4.78, 5) is 37.7. The predicted molar refractivity (Wildman–Crippen MR) is 125 cm³/mol. The molecule has 1 unspecified atom stereocenters. The fraction of sp³-hybridized carbons (Fsp3) is 0.808. The third-order valence-electron chi connectivity index (χ3n) is 9.46. The summed E-state index contributed by atoms with van der Waals surface area (Å²) in [6, 6.07) is 0. The smallest absolute Gasteiger partial charge is 0.194 e. The zero-order valence-electron chi connectivity index (χ0n) is 20.1. The first-order valence-corrected chi connectivity index (χ1v) is 13.1. The summed E-state index contributed by atoms with van der Waals surface area (Å²) in [5.74, 6) is 0.332. The topological polar surface area (TPSA) is 91.7 Å². The summed E-state index contributed by atoms with van der Waals surface area (Å²) in [5.41, 5.74) is -1.74. The van der Waals surface area contributed by atoms with E-state index < -0.39 is 22.5 Å². The highest BCUT2D eigenvalue weighted by molar-refractivity contribution is 8.14. The quantitative estimate of drug-likeness (QED) is 0.656. The van der Waals surface area contributed by atoms with Crippen LogP contribution in [-0.2, 0) is 14.4 Å². The third kappa shape index (κ3) is 3.47. The summed E-state index contributed by atoms with van der Waals surface area (Å²) in [5, 5.41) is 23.1. The molecule has 0 amide bonds. The van der Waals surface area contributed by atoms with E-state index in [1.54, 1.807) is 0 Å². The van der Waals surface area contributed by atoms with Crippen molar-refractivity contribution in [2.24, 2.45) is 34.0 Å². The van der Waals surface area contributed by atoms with Crippen molar-refractivity contribution in [1.29, 1.82) is 0 Å². The van der Waals surface area contributed by atoms with Crippen molar-refractivity contribution in [2.45, 2.75) is 91.3 Å². The van der Waals surface area contributed by atoms with Gasteiger partial charge in [0.15, 0.2) is 16.7 Å². The molecular formula is C26H38O5S. The summed E-state index contributed by atoms with van der Waals surface area (Å²) in [6.07, 6.45) is 5.78. The van der Waals surface area contributed by atoms with Crippen molar-refractivity contribution in [3.05, 3.63) is 11.6 Å². The normalized spacial score (nSPS) is 43.7. The first-order valence-electron chi connectivity index (χ1n) is 12.1. The van der Waals surface area contributed by atoms with Gasteiger partial charge in [-0.1, -0.05) is 52.0 Å². The molecule has 2 N–H and O–H groups in total. The molecule has 0 bridgehead atoms. The van der Waals surface area contributed by atoms with Crippen LogP contribution in [0.5, 0.6) is 0 Å². The van der Waals surface area contributed by atoms with Crippen LogP contribution in [0.1, 0.15) is 79.6 Å². The van der Waals surface area contributed by atoms with Crippen LogP contribution in [0.15, 0.2) is 11.6 Å². The molecule has 0 aromatic carbocycles. The van der Waals surface area contributed by atoms with Crippen LogP contribution in [0.4, 0.5) is 0 Å². The van der Waals surface area contributed by atoms with Gasteiger partial charge >= 0.3 is 0 Å². The molecule has 0 aromatic rings. The number of Topliss-reactive ketones (excluding diaryl/α,β-unsaturated/α-hetero) is 1. The number of fused-ring (bicyclic) bond motifs is 5. The number of allylic oxidation sites excluding steroid dienone is 1. The minimum absolute atomic E-state index is 0.0220. The van der Waals surface area contributed by atoms with E-state index in [0.29, 0.717) is 19.3 Å². The molecule has 5 nitrogen and oxygen atoms in total. The van der Waals surface area contributed by atoms with E-state index in [-0.39, 0.29) is 45.6 Å². The summed E-state index contributed by atoms with van der Waals surface area (Å²) >= 11 is 1.00. The lowest BCUT2D eigenvalue weighted by Crippen LogP contribution is -2.62. The Kier molecular flexibility index (Phi) is 5.87. The molecular weight excluding hydrogens is 424 g/mol. The molecule has 4 aliphatic carbocycles. The average Bonchev–Trinajstić information content (AvgIpc) is 2.97. The van der Waals surface area contributed by atoms with E-state index in [1.807, 2.05) is 33.8 Å². The Bertz CT molecular complexity index is 872. The second-order valence-electron chi connectivity index (χ2n) is 12.2. The fourth-order valence-corrected chi connectivity index (χ4v) is 8.55. The zero-order chi connectivity index (χ0) is 23.7. The highest BCUT2D eigenvalue weighted by Crippen LogP contribution is 2.67. The molecule has 7 atom stereocenters. The van der Waals surface area contributed by atoms with Crippen molar-refractivity contribution in [1.82, 2.24) is 0 Å². The molecule has 0 saturated heterocycles. The maximum atomic E-state index is 13.3. The number of aliphatic hydroxyl groups is 2. The van der Waals surface area contributed by atoms with Crippen molar-refractivity contribution >= 4 is 28.4 Å².